The third-order valence-corrected chi connectivity index (χ3v) is 2.27. The van der Waals surface area contributed by atoms with Gasteiger partial charge in [-0.2, -0.15) is 13.2 Å². The number of halogens is 4. The lowest BCUT2D eigenvalue weighted by Gasteiger charge is -2.14. The number of nitro groups is 1. The molecule has 0 amide bonds. The Morgan fingerprint density at radius 2 is 2.06 bits per heavy atom. The first-order chi connectivity index (χ1) is 7.70. The van der Waals surface area contributed by atoms with Crippen LogP contribution in [0.5, 0.6) is 0 Å². The molecule has 17 heavy (non-hydrogen) atoms. The average molecular weight is 269 g/mol. The first kappa shape index (κ1) is 13.7. The Hall–Kier alpha value is -1.34. The molecule has 0 radical (unpaired) electrons. The number of alkyl halides is 3. The van der Waals surface area contributed by atoms with Crippen molar-refractivity contribution in [1.29, 1.82) is 0 Å². The van der Waals surface area contributed by atoms with Crippen molar-refractivity contribution in [3.05, 3.63) is 38.9 Å². The quantitative estimate of drug-likeness (QED) is 0.676. The summed E-state index contributed by atoms with van der Waals surface area (Å²) in [4.78, 5) is 9.84. The van der Waals surface area contributed by atoms with Crippen LogP contribution < -0.4 is 5.73 Å². The smallest absolute Gasteiger partial charge is 0.323 e. The highest BCUT2D eigenvalue weighted by atomic mass is 35.5. The lowest BCUT2D eigenvalue weighted by molar-refractivity contribution is -0.385. The minimum absolute atomic E-state index is 0.100. The van der Waals surface area contributed by atoms with Gasteiger partial charge in [0.15, 0.2) is 0 Å². The summed E-state index contributed by atoms with van der Waals surface area (Å²) in [6.07, 6.45) is -5.83. The number of rotatable bonds is 3. The van der Waals surface area contributed by atoms with E-state index in [0.717, 1.165) is 12.1 Å². The summed E-state index contributed by atoms with van der Waals surface area (Å²) in [5.74, 6) is 0. The average Bonchev–Trinajstić information content (AvgIpc) is 2.14. The highest BCUT2D eigenvalue weighted by molar-refractivity contribution is 6.30. The molecule has 2 N–H and O–H groups in total. The van der Waals surface area contributed by atoms with Gasteiger partial charge in [0.2, 0.25) is 0 Å². The Morgan fingerprint density at radius 3 is 2.53 bits per heavy atom. The van der Waals surface area contributed by atoms with Gasteiger partial charge in [-0.25, -0.2) is 0 Å². The van der Waals surface area contributed by atoms with Crippen molar-refractivity contribution in [3.63, 3.8) is 0 Å². The van der Waals surface area contributed by atoms with Crippen LogP contribution in [0.3, 0.4) is 0 Å². The van der Waals surface area contributed by atoms with Crippen molar-refractivity contribution in [2.24, 2.45) is 5.73 Å². The van der Waals surface area contributed by atoms with E-state index in [4.69, 9.17) is 17.3 Å². The molecule has 0 aliphatic heterocycles. The molecule has 8 heteroatoms. The van der Waals surface area contributed by atoms with Gasteiger partial charge in [0.25, 0.3) is 5.69 Å². The maximum Gasteiger partial charge on any atom is 0.390 e. The molecule has 1 rings (SSSR count). The summed E-state index contributed by atoms with van der Waals surface area (Å²) in [7, 11) is 0. The van der Waals surface area contributed by atoms with E-state index in [1.165, 1.54) is 6.07 Å². The van der Waals surface area contributed by atoms with E-state index < -0.39 is 29.2 Å². The first-order valence-corrected chi connectivity index (χ1v) is 4.84. The number of nitro benzene ring substituents is 1. The summed E-state index contributed by atoms with van der Waals surface area (Å²) in [5, 5.41) is 10.7. The summed E-state index contributed by atoms with van der Waals surface area (Å²) < 4.78 is 36.4. The predicted octanol–water partition coefficient (Wildman–Crippen LogP) is 3.20. The van der Waals surface area contributed by atoms with Gasteiger partial charge in [0.05, 0.1) is 11.3 Å². The second kappa shape index (κ2) is 4.89. The Labute approximate surface area is 99.3 Å². The summed E-state index contributed by atoms with van der Waals surface area (Å²) in [6.45, 7) is 0. The molecule has 0 aromatic heterocycles. The van der Waals surface area contributed by atoms with Crippen LogP contribution in [0, 0.1) is 10.1 Å². The molecule has 1 aromatic carbocycles. The molecular formula is C9H8ClF3N2O2. The molecule has 1 aromatic rings. The van der Waals surface area contributed by atoms with Crippen molar-refractivity contribution in [2.75, 3.05) is 0 Å². The van der Waals surface area contributed by atoms with Gasteiger partial charge in [0.1, 0.15) is 0 Å². The fourth-order valence-corrected chi connectivity index (χ4v) is 1.53. The zero-order chi connectivity index (χ0) is 13.2. The maximum atomic E-state index is 12.1. The van der Waals surface area contributed by atoms with Crippen molar-refractivity contribution >= 4 is 17.3 Å². The van der Waals surface area contributed by atoms with Gasteiger partial charge in [-0.05, 0) is 12.1 Å². The van der Waals surface area contributed by atoms with E-state index >= 15 is 0 Å². The first-order valence-electron chi connectivity index (χ1n) is 4.47. The minimum Gasteiger partial charge on any atom is -0.323 e. The third kappa shape index (κ3) is 3.86. The largest absolute Gasteiger partial charge is 0.390 e. The lowest BCUT2D eigenvalue weighted by atomic mass is 10.0. The van der Waals surface area contributed by atoms with Crippen molar-refractivity contribution in [1.82, 2.24) is 0 Å². The van der Waals surface area contributed by atoms with Gasteiger partial charge < -0.3 is 5.73 Å². The Kier molecular flexibility index (Phi) is 3.94. The van der Waals surface area contributed by atoms with Gasteiger partial charge in [-0.1, -0.05) is 11.6 Å². The molecule has 0 aliphatic rings. The van der Waals surface area contributed by atoms with Crippen molar-refractivity contribution in [2.45, 2.75) is 18.6 Å². The second-order valence-corrected chi connectivity index (χ2v) is 3.82. The number of hydrogen-bond acceptors (Lipinski definition) is 3. The molecule has 0 bridgehead atoms. The van der Waals surface area contributed by atoms with Crippen molar-refractivity contribution in [3.8, 4) is 0 Å². The Bertz CT molecular complexity index is 437. The summed E-state index contributed by atoms with van der Waals surface area (Å²) in [6, 6.07) is 1.84. The summed E-state index contributed by atoms with van der Waals surface area (Å²) >= 11 is 5.58. The van der Waals surface area contributed by atoms with Crippen LogP contribution in [0.15, 0.2) is 18.2 Å². The molecular weight excluding hydrogens is 261 g/mol. The third-order valence-electron chi connectivity index (χ3n) is 2.04. The van der Waals surface area contributed by atoms with Crippen LogP contribution in [-0.2, 0) is 0 Å². The fraction of sp³-hybridized carbons (Fsp3) is 0.333. The molecule has 0 saturated carbocycles. The molecule has 1 atom stereocenters. The van der Waals surface area contributed by atoms with Crippen LogP contribution >= 0.6 is 11.6 Å². The molecule has 0 fully saturated rings. The zero-order valence-corrected chi connectivity index (χ0v) is 9.13. The maximum absolute atomic E-state index is 12.1. The molecule has 4 nitrogen and oxygen atoms in total. The molecule has 0 saturated heterocycles. The SMILES string of the molecule is N[C@H](CC(F)(F)F)c1cc(Cl)ccc1[N+](=O)[O-]. The van der Waals surface area contributed by atoms with Gasteiger partial charge in [0, 0.05) is 22.7 Å². The number of hydrogen-bond donors (Lipinski definition) is 1. The van der Waals surface area contributed by atoms with Crippen LogP contribution in [0.4, 0.5) is 18.9 Å². The van der Waals surface area contributed by atoms with E-state index in [9.17, 15) is 23.3 Å². The predicted molar refractivity (Wildman–Crippen MR) is 55.7 cm³/mol. The van der Waals surface area contributed by atoms with E-state index in [-0.39, 0.29) is 10.6 Å². The van der Waals surface area contributed by atoms with Gasteiger partial charge in [-0.3, -0.25) is 10.1 Å². The zero-order valence-electron chi connectivity index (χ0n) is 8.37. The van der Waals surface area contributed by atoms with E-state index in [1.54, 1.807) is 0 Å². The molecule has 0 spiro atoms. The van der Waals surface area contributed by atoms with Crippen LogP contribution in [-0.4, -0.2) is 11.1 Å². The molecule has 0 aliphatic carbocycles. The number of benzene rings is 1. The normalized spacial score (nSPS) is 13.5. The van der Waals surface area contributed by atoms with Gasteiger partial charge in [-0.15, -0.1) is 0 Å². The minimum atomic E-state index is -4.49. The number of nitrogens with two attached hydrogens (primary N) is 1. The van der Waals surface area contributed by atoms with E-state index in [1.807, 2.05) is 0 Å². The molecule has 0 heterocycles. The molecule has 94 valence electrons. The monoisotopic (exact) mass is 268 g/mol. The Balaban J connectivity index is 3.10. The highest BCUT2D eigenvalue weighted by Gasteiger charge is 2.33. The standard InChI is InChI=1S/C9H8ClF3N2O2/c10-5-1-2-8(15(16)17)6(3-5)7(14)4-9(11,12)13/h1-3,7H,4,14H2/t7-/m1/s1. The van der Waals surface area contributed by atoms with Crippen molar-refractivity contribution < 1.29 is 18.1 Å². The highest BCUT2D eigenvalue weighted by Crippen LogP contribution is 2.33. The van der Waals surface area contributed by atoms with Crippen LogP contribution in [0.1, 0.15) is 18.0 Å². The van der Waals surface area contributed by atoms with Gasteiger partial charge >= 0.3 is 6.18 Å². The summed E-state index contributed by atoms with van der Waals surface area (Å²) in [5.41, 5.74) is 4.62. The van der Waals surface area contributed by atoms with E-state index in [2.05, 4.69) is 0 Å². The van der Waals surface area contributed by atoms with E-state index in [0.29, 0.717) is 0 Å². The number of nitrogens with zero attached hydrogens (tertiary/aromatic N) is 1. The Morgan fingerprint density at radius 1 is 1.47 bits per heavy atom. The lowest BCUT2D eigenvalue weighted by Crippen LogP contribution is -2.21. The fourth-order valence-electron chi connectivity index (χ4n) is 1.35. The van der Waals surface area contributed by atoms with Crippen LogP contribution in [0.25, 0.3) is 0 Å². The van der Waals surface area contributed by atoms with Crippen LogP contribution in [0.2, 0.25) is 5.02 Å². The second-order valence-electron chi connectivity index (χ2n) is 3.39. The molecule has 0 unspecified atom stereocenters. The topological polar surface area (TPSA) is 69.2 Å².